The van der Waals surface area contributed by atoms with Gasteiger partial charge in [0.2, 0.25) is 5.91 Å². The topological polar surface area (TPSA) is 72.9 Å². The first kappa shape index (κ1) is 12.7. The Bertz CT molecular complexity index is 334. The molecule has 1 aromatic heterocycles. The normalized spacial score (nSPS) is 12.4. The van der Waals surface area contributed by atoms with E-state index in [9.17, 15) is 4.79 Å². The molecule has 5 nitrogen and oxygen atoms in total. The van der Waals surface area contributed by atoms with Crippen LogP contribution in [0.3, 0.4) is 0 Å². The van der Waals surface area contributed by atoms with Crippen LogP contribution >= 0.6 is 0 Å². The van der Waals surface area contributed by atoms with E-state index in [0.717, 1.165) is 18.7 Å². The second-order valence-corrected chi connectivity index (χ2v) is 3.93. The zero-order chi connectivity index (χ0) is 12.0. The minimum atomic E-state index is -0.0341. The molecule has 1 aromatic rings. The first-order valence-electron chi connectivity index (χ1n) is 5.62. The minimum Gasteiger partial charge on any atom is -0.356 e. The van der Waals surface area contributed by atoms with Crippen molar-refractivity contribution in [2.24, 2.45) is 12.8 Å². The van der Waals surface area contributed by atoms with E-state index in [1.54, 1.807) is 6.20 Å². The summed E-state index contributed by atoms with van der Waals surface area (Å²) in [5.74, 6) is 0.989. The van der Waals surface area contributed by atoms with E-state index in [4.69, 9.17) is 5.73 Å². The average Bonchev–Trinajstić information content (AvgIpc) is 2.64. The van der Waals surface area contributed by atoms with Gasteiger partial charge in [-0.3, -0.25) is 4.79 Å². The van der Waals surface area contributed by atoms with Crippen LogP contribution in [0, 0.1) is 0 Å². The Morgan fingerprint density at radius 2 is 2.44 bits per heavy atom. The van der Waals surface area contributed by atoms with Crippen molar-refractivity contribution in [1.82, 2.24) is 14.9 Å². The summed E-state index contributed by atoms with van der Waals surface area (Å²) in [5.41, 5.74) is 5.69. The number of nitrogens with zero attached hydrogens (tertiary/aromatic N) is 2. The molecule has 0 aromatic carbocycles. The highest BCUT2D eigenvalue weighted by Gasteiger charge is 2.07. The van der Waals surface area contributed by atoms with Crippen molar-refractivity contribution in [3.05, 3.63) is 18.2 Å². The summed E-state index contributed by atoms with van der Waals surface area (Å²) in [6, 6.07) is -0.0341. The third-order valence-corrected chi connectivity index (χ3v) is 2.56. The maximum Gasteiger partial charge on any atom is 0.221 e. The van der Waals surface area contributed by atoms with Gasteiger partial charge in [0, 0.05) is 44.9 Å². The SMILES string of the molecule is CCC(N)CC(=O)NCCc1nccn1C. The molecular formula is C11H20N4O. The van der Waals surface area contributed by atoms with Crippen LogP contribution in [0.5, 0.6) is 0 Å². The van der Waals surface area contributed by atoms with Gasteiger partial charge in [-0.25, -0.2) is 4.98 Å². The van der Waals surface area contributed by atoms with Crippen LogP contribution in [0.25, 0.3) is 0 Å². The number of nitrogens with two attached hydrogens (primary N) is 1. The number of amides is 1. The van der Waals surface area contributed by atoms with Crippen molar-refractivity contribution >= 4 is 5.91 Å². The minimum absolute atomic E-state index is 0.0172. The fraction of sp³-hybridized carbons (Fsp3) is 0.636. The third kappa shape index (κ3) is 4.02. The second kappa shape index (κ2) is 6.27. The largest absolute Gasteiger partial charge is 0.356 e. The molecule has 3 N–H and O–H groups in total. The fourth-order valence-electron chi connectivity index (χ4n) is 1.41. The van der Waals surface area contributed by atoms with Crippen LogP contribution in [-0.4, -0.2) is 28.0 Å². The van der Waals surface area contributed by atoms with E-state index < -0.39 is 0 Å². The van der Waals surface area contributed by atoms with Gasteiger partial charge in [-0.05, 0) is 6.42 Å². The number of carbonyl (C=O) groups is 1. The molecule has 0 fully saturated rings. The maximum absolute atomic E-state index is 11.4. The Labute approximate surface area is 96.0 Å². The number of aryl methyl sites for hydroxylation is 1. The molecule has 0 saturated carbocycles. The molecule has 16 heavy (non-hydrogen) atoms. The van der Waals surface area contributed by atoms with Crippen molar-refractivity contribution in [3.8, 4) is 0 Å². The van der Waals surface area contributed by atoms with E-state index >= 15 is 0 Å². The summed E-state index contributed by atoms with van der Waals surface area (Å²) in [4.78, 5) is 15.6. The summed E-state index contributed by atoms with van der Waals surface area (Å²) < 4.78 is 1.95. The number of imidazole rings is 1. The Kier molecular flexibility index (Phi) is 4.98. The van der Waals surface area contributed by atoms with E-state index in [1.807, 2.05) is 24.7 Å². The van der Waals surface area contributed by atoms with Gasteiger partial charge < -0.3 is 15.6 Å². The average molecular weight is 224 g/mol. The van der Waals surface area contributed by atoms with E-state index in [1.165, 1.54) is 0 Å². The van der Waals surface area contributed by atoms with Gasteiger partial charge in [0.05, 0.1) is 0 Å². The van der Waals surface area contributed by atoms with E-state index in [2.05, 4.69) is 10.3 Å². The second-order valence-electron chi connectivity index (χ2n) is 3.93. The molecule has 0 aliphatic rings. The number of hydrogen-bond donors (Lipinski definition) is 2. The van der Waals surface area contributed by atoms with Crippen molar-refractivity contribution < 1.29 is 4.79 Å². The zero-order valence-electron chi connectivity index (χ0n) is 9.94. The molecule has 1 unspecified atom stereocenters. The van der Waals surface area contributed by atoms with Gasteiger partial charge >= 0.3 is 0 Å². The van der Waals surface area contributed by atoms with Crippen LogP contribution in [0.4, 0.5) is 0 Å². The lowest BCUT2D eigenvalue weighted by Gasteiger charge is -2.09. The third-order valence-electron chi connectivity index (χ3n) is 2.56. The monoisotopic (exact) mass is 224 g/mol. The van der Waals surface area contributed by atoms with Crippen LogP contribution in [-0.2, 0) is 18.3 Å². The molecule has 1 heterocycles. The Morgan fingerprint density at radius 3 is 3.00 bits per heavy atom. The van der Waals surface area contributed by atoms with Crippen LogP contribution in [0.2, 0.25) is 0 Å². The number of carbonyl (C=O) groups excluding carboxylic acids is 1. The maximum atomic E-state index is 11.4. The molecule has 0 radical (unpaired) electrons. The van der Waals surface area contributed by atoms with Crippen molar-refractivity contribution in [3.63, 3.8) is 0 Å². The molecule has 1 amide bonds. The molecule has 0 aliphatic heterocycles. The molecule has 0 spiro atoms. The number of hydrogen-bond acceptors (Lipinski definition) is 3. The molecule has 0 aliphatic carbocycles. The van der Waals surface area contributed by atoms with Gasteiger partial charge in [-0.1, -0.05) is 6.92 Å². The van der Waals surface area contributed by atoms with Crippen LogP contribution in [0.15, 0.2) is 12.4 Å². The Hall–Kier alpha value is -1.36. The molecule has 90 valence electrons. The quantitative estimate of drug-likeness (QED) is 0.725. The zero-order valence-corrected chi connectivity index (χ0v) is 9.94. The summed E-state index contributed by atoms with van der Waals surface area (Å²) in [6.45, 7) is 2.59. The summed E-state index contributed by atoms with van der Waals surface area (Å²) in [5, 5.41) is 2.84. The predicted molar refractivity (Wildman–Crippen MR) is 62.8 cm³/mol. The molecular weight excluding hydrogens is 204 g/mol. The fourth-order valence-corrected chi connectivity index (χ4v) is 1.41. The number of aromatic nitrogens is 2. The molecule has 0 bridgehead atoms. The highest BCUT2D eigenvalue weighted by molar-refractivity contribution is 5.76. The highest BCUT2D eigenvalue weighted by atomic mass is 16.1. The van der Waals surface area contributed by atoms with Crippen LogP contribution in [0.1, 0.15) is 25.6 Å². The van der Waals surface area contributed by atoms with E-state index in [-0.39, 0.29) is 11.9 Å². The lowest BCUT2D eigenvalue weighted by atomic mass is 10.1. The first-order valence-corrected chi connectivity index (χ1v) is 5.62. The Morgan fingerprint density at radius 1 is 1.69 bits per heavy atom. The van der Waals surface area contributed by atoms with Crippen molar-refractivity contribution in [2.45, 2.75) is 32.2 Å². The molecule has 1 rings (SSSR count). The van der Waals surface area contributed by atoms with Crippen molar-refractivity contribution in [1.29, 1.82) is 0 Å². The molecule has 1 atom stereocenters. The standard InChI is InChI=1S/C11H20N4O/c1-3-9(12)8-11(16)14-5-4-10-13-6-7-15(10)2/h6-7,9H,3-5,8,12H2,1-2H3,(H,14,16). The van der Waals surface area contributed by atoms with Gasteiger partial charge in [0.15, 0.2) is 0 Å². The van der Waals surface area contributed by atoms with E-state index in [0.29, 0.717) is 13.0 Å². The summed E-state index contributed by atoms with van der Waals surface area (Å²) >= 11 is 0. The van der Waals surface area contributed by atoms with Gasteiger partial charge in [-0.2, -0.15) is 0 Å². The lowest BCUT2D eigenvalue weighted by molar-refractivity contribution is -0.121. The highest BCUT2D eigenvalue weighted by Crippen LogP contribution is 1.95. The number of rotatable bonds is 6. The van der Waals surface area contributed by atoms with Gasteiger partial charge in [-0.15, -0.1) is 0 Å². The smallest absolute Gasteiger partial charge is 0.221 e. The van der Waals surface area contributed by atoms with Gasteiger partial charge in [0.1, 0.15) is 5.82 Å². The predicted octanol–water partition coefficient (Wildman–Crippen LogP) is 0.206. The van der Waals surface area contributed by atoms with Gasteiger partial charge in [0.25, 0.3) is 0 Å². The summed E-state index contributed by atoms with van der Waals surface area (Å²) in [7, 11) is 1.94. The summed E-state index contributed by atoms with van der Waals surface area (Å²) in [6.07, 6.45) is 5.62. The molecule has 5 heteroatoms. The van der Waals surface area contributed by atoms with Crippen LogP contribution < -0.4 is 11.1 Å². The molecule has 0 saturated heterocycles. The first-order chi connectivity index (χ1) is 7.63. The number of nitrogens with one attached hydrogen (secondary N) is 1. The van der Waals surface area contributed by atoms with Crippen molar-refractivity contribution in [2.75, 3.05) is 6.54 Å². The Balaban J connectivity index is 2.21. The lowest BCUT2D eigenvalue weighted by Crippen LogP contribution is -2.32.